The number of fused-ring (bicyclic) bond motifs is 9. The lowest BCUT2D eigenvalue weighted by Crippen LogP contribution is -2.41. The fourth-order valence-corrected chi connectivity index (χ4v) is 17.4. The summed E-state index contributed by atoms with van der Waals surface area (Å²) in [4.78, 5) is 20.4. The van der Waals surface area contributed by atoms with Crippen LogP contribution in [0.4, 0.5) is 0 Å². The van der Waals surface area contributed by atoms with Crippen LogP contribution in [0.3, 0.4) is 0 Å². The summed E-state index contributed by atoms with van der Waals surface area (Å²) in [7, 11) is -1.72. The van der Waals surface area contributed by atoms with E-state index < -0.39 is 7.12 Å². The first kappa shape index (κ1) is 89.0. The number of hydrogen-bond donors (Lipinski definition) is 3. The van der Waals surface area contributed by atoms with Gasteiger partial charge >= 0.3 is 14.2 Å². The summed E-state index contributed by atoms with van der Waals surface area (Å²) in [5.41, 5.74) is 20.7. The maximum absolute atomic E-state index is 8.58. The molecule has 1 aliphatic rings. The zero-order chi connectivity index (χ0) is 87.7. The van der Waals surface area contributed by atoms with Crippen LogP contribution in [0, 0.1) is 0 Å². The highest BCUT2D eigenvalue weighted by Gasteiger charge is 2.52. The number of nitrogens with zero attached hydrogens (tertiary/aromatic N) is 4. The second-order valence-electron chi connectivity index (χ2n) is 30.7. The predicted octanol–water partition coefficient (Wildman–Crippen LogP) is 30.1. The standard InChI is InChI=1S/C26H17ClN2.C24H25BO2.C20H13N.C18H13Cl.C8H4Cl2N2.C6H7BO2.C6H3Br2Cl/c27-26-28-24-14-8-7-13-23(24)25(29-26)22-16-20(18-9-3-1-4-10-18)15-21(17-22)19-11-5-2-6-12-19;1-23(2)24(3,4)27-25(26-23)22-16-20(18-11-7-5-8-12-18)15-21(17-22)19-13-9-6-10-14-19;1-3-7-15-13(5-1)9-11-17-19(15)20-16-8-4-2-6-14(16)10-12-18(20)21-17;19-18-12-16(14-7-3-1-4-8-14)11-17(13-18)15-9-5-2-6-10-15;9-7-5-3-1-2-4-6(5)11-8(10)12-7;8-7(9)6-4-2-1-3-5-6;7-4-1-5(8)3-6(9)2-4/h1-17H;5-17H,1-4H3;1-12,21H;1-13H;1-4H;1-5,8-9H;1-3H. The second kappa shape index (κ2) is 41.5. The van der Waals surface area contributed by atoms with Gasteiger partial charge in [0, 0.05) is 57.1 Å². The smallest absolute Gasteiger partial charge is 0.423 e. The molecule has 1 fully saturated rings. The van der Waals surface area contributed by atoms with Gasteiger partial charge in [-0.1, -0.05) is 382 Å². The van der Waals surface area contributed by atoms with Crippen molar-refractivity contribution < 1.29 is 19.4 Å². The molecule has 0 aliphatic carbocycles. The summed E-state index contributed by atoms with van der Waals surface area (Å²) in [5.74, 6) is 0. The van der Waals surface area contributed by atoms with Crippen LogP contribution in [-0.2, 0) is 9.31 Å². The van der Waals surface area contributed by atoms with Crippen LogP contribution in [0.5, 0.6) is 0 Å². The van der Waals surface area contributed by atoms with E-state index in [1.165, 1.54) is 76.7 Å². The van der Waals surface area contributed by atoms with Gasteiger partial charge in [0.25, 0.3) is 0 Å². The van der Waals surface area contributed by atoms with Crippen molar-refractivity contribution >= 4 is 180 Å². The van der Waals surface area contributed by atoms with E-state index in [1.54, 1.807) is 24.3 Å². The molecule has 0 bridgehead atoms. The quantitative estimate of drug-likeness (QED) is 0.0741. The number of benzene rings is 17. The minimum absolute atomic E-state index is 0.179. The van der Waals surface area contributed by atoms with E-state index in [-0.39, 0.29) is 28.9 Å². The second-order valence-corrected chi connectivity index (χ2v) is 34.5. The van der Waals surface area contributed by atoms with Crippen LogP contribution in [-0.4, -0.2) is 60.4 Å². The topological polar surface area (TPSA) is 126 Å². The van der Waals surface area contributed by atoms with Crippen molar-refractivity contribution in [1.82, 2.24) is 24.9 Å². The molecule has 618 valence electrons. The lowest BCUT2D eigenvalue weighted by Gasteiger charge is -2.32. The van der Waals surface area contributed by atoms with Gasteiger partial charge in [-0.3, -0.25) is 0 Å². The lowest BCUT2D eigenvalue weighted by molar-refractivity contribution is 0.00578. The van der Waals surface area contributed by atoms with Crippen molar-refractivity contribution in [2.24, 2.45) is 0 Å². The molecule has 0 unspecified atom stereocenters. The molecule has 17 aromatic carbocycles. The first-order chi connectivity index (χ1) is 61.1. The summed E-state index contributed by atoms with van der Waals surface area (Å²) in [6.45, 7) is 8.36. The van der Waals surface area contributed by atoms with Gasteiger partial charge in [-0.2, -0.15) is 0 Å². The molecule has 18 heteroatoms. The van der Waals surface area contributed by atoms with Crippen molar-refractivity contribution in [3.63, 3.8) is 0 Å². The molecule has 3 aromatic heterocycles. The fourth-order valence-electron chi connectivity index (χ4n) is 14.8. The third-order valence-electron chi connectivity index (χ3n) is 21.6. The van der Waals surface area contributed by atoms with Gasteiger partial charge in [0.1, 0.15) is 5.15 Å². The highest BCUT2D eigenvalue weighted by atomic mass is 79.9. The maximum atomic E-state index is 8.58. The predicted molar refractivity (Wildman–Crippen MR) is 540 cm³/mol. The van der Waals surface area contributed by atoms with Crippen molar-refractivity contribution in [2.45, 2.75) is 38.9 Å². The molecule has 0 radical (unpaired) electrons. The van der Waals surface area contributed by atoms with Crippen LogP contribution in [0.15, 0.2) is 415 Å². The highest BCUT2D eigenvalue weighted by molar-refractivity contribution is 9.11. The van der Waals surface area contributed by atoms with Gasteiger partial charge in [0.2, 0.25) is 10.6 Å². The van der Waals surface area contributed by atoms with Gasteiger partial charge in [-0.25, -0.2) is 19.9 Å². The van der Waals surface area contributed by atoms with E-state index in [1.807, 2.05) is 146 Å². The monoisotopic (exact) mass is 1870 g/mol. The molecule has 0 amide bonds. The first-order valence-corrected chi connectivity index (χ1v) is 44.2. The Labute approximate surface area is 775 Å². The molecule has 21 rings (SSSR count). The number of halogens is 7. The number of hydrogen-bond acceptors (Lipinski definition) is 8. The summed E-state index contributed by atoms with van der Waals surface area (Å²) in [6, 6.07) is 137. The molecule has 4 heterocycles. The molecule has 3 N–H and O–H groups in total. The number of rotatable bonds is 9. The van der Waals surface area contributed by atoms with E-state index in [0.29, 0.717) is 10.6 Å². The molecule has 1 aliphatic heterocycles. The maximum Gasteiger partial charge on any atom is 0.494 e. The van der Waals surface area contributed by atoms with E-state index >= 15 is 0 Å². The Balaban J connectivity index is 0.000000118. The molecule has 20 aromatic rings. The number of aromatic nitrogens is 5. The fraction of sp³-hybridized carbons (Fsp3) is 0.0556. The van der Waals surface area contributed by atoms with Gasteiger partial charge in [-0.15, -0.1) is 0 Å². The van der Waals surface area contributed by atoms with Crippen molar-refractivity contribution in [1.29, 1.82) is 0 Å². The van der Waals surface area contributed by atoms with E-state index in [0.717, 1.165) is 90.9 Å². The number of H-pyrrole nitrogens is 1. The Hall–Kier alpha value is -11.9. The summed E-state index contributed by atoms with van der Waals surface area (Å²) < 4.78 is 14.6. The molecule has 1 saturated heterocycles. The lowest BCUT2D eigenvalue weighted by atomic mass is 9.76. The van der Waals surface area contributed by atoms with Gasteiger partial charge in [0.15, 0.2) is 0 Å². The third-order valence-corrected chi connectivity index (χ3v) is 23.6. The van der Waals surface area contributed by atoms with Crippen LogP contribution in [0.25, 0.3) is 143 Å². The molecule has 9 nitrogen and oxygen atoms in total. The summed E-state index contributed by atoms with van der Waals surface area (Å²) in [6.07, 6.45) is 0. The Bertz CT molecular complexity index is 6790. The Morgan fingerprint density at radius 3 is 0.992 bits per heavy atom. The zero-order valence-corrected chi connectivity index (χ0v) is 75.9. The third kappa shape index (κ3) is 22.3. The molecule has 0 spiro atoms. The molecule has 0 saturated carbocycles. The minimum Gasteiger partial charge on any atom is -0.423 e. The number of nitrogens with one attached hydrogen (secondary N) is 1. The van der Waals surface area contributed by atoms with Crippen molar-refractivity contribution in [3.8, 4) is 78.0 Å². The van der Waals surface area contributed by atoms with Crippen LogP contribution in [0.2, 0.25) is 25.8 Å². The average molecular weight is 1870 g/mol. The SMILES string of the molecule is CC1(C)OB(c2cc(-c3ccccc3)cc(-c3ccccc3)c2)OC1(C)C.Clc1cc(-c2ccccc2)cc(-c2ccccc2)c1.Clc1cc(Br)cc(Br)c1.Clc1nc(-c2cc(-c3ccccc3)cc(-c3ccccc3)c2)c2ccccc2n1.Clc1nc(Cl)c2ccccc2n1.OB(O)c1ccccc1.c1ccc2c(c1)ccc1[nH]c3ccc4ccccc4c3c12. The van der Waals surface area contributed by atoms with Gasteiger partial charge < -0.3 is 24.3 Å². The van der Waals surface area contributed by atoms with Crippen molar-refractivity contribution in [2.75, 3.05) is 0 Å². The number of aromatic amines is 1. The zero-order valence-electron chi connectivity index (χ0n) is 69.0. The Morgan fingerprint density at radius 2 is 0.611 bits per heavy atom. The molecular formula is C108H82B2Br2Cl5N5O4. The normalized spacial score (nSPS) is 12.2. The average Bonchev–Trinajstić information content (AvgIpc) is 1.59. The largest absolute Gasteiger partial charge is 0.494 e. The van der Waals surface area contributed by atoms with Gasteiger partial charge in [-0.05, 0) is 241 Å². The summed E-state index contributed by atoms with van der Waals surface area (Å²) >= 11 is 36.2. The van der Waals surface area contributed by atoms with E-state index in [4.69, 9.17) is 77.4 Å². The van der Waals surface area contributed by atoms with Crippen LogP contribution < -0.4 is 10.9 Å². The molecule has 126 heavy (non-hydrogen) atoms. The van der Waals surface area contributed by atoms with Crippen LogP contribution in [0.1, 0.15) is 27.7 Å². The van der Waals surface area contributed by atoms with Crippen molar-refractivity contribution in [3.05, 3.63) is 441 Å². The van der Waals surface area contributed by atoms with Crippen LogP contribution >= 0.6 is 89.9 Å². The van der Waals surface area contributed by atoms with E-state index in [9.17, 15) is 0 Å². The highest BCUT2D eigenvalue weighted by Crippen LogP contribution is 2.41. The first-order valence-electron chi connectivity index (χ1n) is 40.8. The Morgan fingerprint density at radius 1 is 0.302 bits per heavy atom. The Kier molecular flexibility index (Phi) is 29.3. The van der Waals surface area contributed by atoms with Gasteiger partial charge in [0.05, 0.1) is 27.9 Å². The molecular weight excluding hydrogens is 1790 g/mol. The van der Waals surface area contributed by atoms with E-state index in [2.05, 4.69) is 321 Å². The molecule has 0 atom stereocenters. The minimum atomic E-state index is -1.34. The summed E-state index contributed by atoms with van der Waals surface area (Å²) in [5, 5.41) is 29.2. The number of para-hydroxylation sites is 2.